The summed E-state index contributed by atoms with van der Waals surface area (Å²) in [4.78, 5) is 2.39. The molecule has 4 nitrogen and oxygen atoms in total. The molecule has 0 atom stereocenters. The quantitative estimate of drug-likeness (QED) is 0.168. The van der Waals surface area contributed by atoms with Crippen LogP contribution in [-0.4, -0.2) is 4.57 Å². The fraction of sp³-hybridized carbons (Fsp3) is 0. The van der Waals surface area contributed by atoms with Crippen molar-refractivity contribution >= 4 is 93.5 Å². The van der Waals surface area contributed by atoms with Gasteiger partial charge in [0.25, 0.3) is 0 Å². The van der Waals surface area contributed by atoms with Gasteiger partial charge >= 0.3 is 0 Å². The molecule has 13 aromatic rings. The van der Waals surface area contributed by atoms with Crippen molar-refractivity contribution in [2.75, 3.05) is 4.90 Å². The Morgan fingerprint density at radius 3 is 1.89 bits per heavy atom. The van der Waals surface area contributed by atoms with Gasteiger partial charge in [0.2, 0.25) is 0 Å². The average molecular weight is 793 g/mol. The number of hydrogen-bond acceptors (Lipinski definition) is 3. The Morgan fingerprint density at radius 2 is 1.00 bits per heavy atom. The lowest BCUT2D eigenvalue weighted by molar-refractivity contribution is 0.670. The number of aromatic nitrogens is 1. The zero-order valence-electron chi connectivity index (χ0n) is 33.5. The van der Waals surface area contributed by atoms with Gasteiger partial charge < -0.3 is 18.3 Å². The van der Waals surface area contributed by atoms with Gasteiger partial charge in [0.05, 0.1) is 22.1 Å². The molecule has 3 aromatic heterocycles. The molecule has 0 unspecified atom stereocenters. The van der Waals surface area contributed by atoms with Crippen LogP contribution in [0.1, 0.15) is 0 Å². The molecule has 0 fully saturated rings. The highest BCUT2D eigenvalue weighted by molar-refractivity contribution is 6.20. The van der Waals surface area contributed by atoms with Crippen LogP contribution in [0, 0.1) is 0 Å². The standard InChI is InChI=1S/C58H36N2O2/c1-2-17-41(18-3-1)60-51-26-8-6-22-46(51)50-36-39(31-33-52(50)60)38-15-10-19-42(34-38)59(53-27-13-29-55-56(53)49-32-30-37-14-4-5-21-44(37)58(49)62-55)43-20-11-16-40(35-43)45-24-12-25-48-47-23-7-9-28-54(47)61-57(45)48/h1-36H. The minimum atomic E-state index is 0.846. The monoisotopic (exact) mass is 792 g/mol. The highest BCUT2D eigenvalue weighted by Crippen LogP contribution is 2.46. The van der Waals surface area contributed by atoms with E-state index >= 15 is 0 Å². The van der Waals surface area contributed by atoms with Crippen LogP contribution in [0.5, 0.6) is 0 Å². The maximum atomic E-state index is 6.76. The molecule has 0 aliphatic heterocycles. The summed E-state index contributed by atoms with van der Waals surface area (Å²) in [6, 6.07) is 78.0. The van der Waals surface area contributed by atoms with E-state index < -0.39 is 0 Å². The Hall–Kier alpha value is -8.34. The molecule has 13 rings (SSSR count). The van der Waals surface area contributed by atoms with Crippen LogP contribution in [0.15, 0.2) is 227 Å². The second kappa shape index (κ2) is 13.6. The molecule has 0 aliphatic rings. The van der Waals surface area contributed by atoms with Crippen LogP contribution in [0.4, 0.5) is 17.1 Å². The van der Waals surface area contributed by atoms with Crippen LogP contribution in [0.2, 0.25) is 0 Å². The van der Waals surface area contributed by atoms with Crippen LogP contribution in [0.25, 0.3) is 104 Å². The summed E-state index contributed by atoms with van der Waals surface area (Å²) >= 11 is 0. The summed E-state index contributed by atoms with van der Waals surface area (Å²) in [5.74, 6) is 0. The van der Waals surface area contributed by atoms with E-state index in [1.807, 2.05) is 12.1 Å². The Bertz CT molecular complexity index is 3890. The van der Waals surface area contributed by atoms with Gasteiger partial charge in [-0.2, -0.15) is 0 Å². The van der Waals surface area contributed by atoms with Crippen LogP contribution in [-0.2, 0) is 0 Å². The molecule has 0 bridgehead atoms. The number of rotatable bonds is 6. The highest BCUT2D eigenvalue weighted by Gasteiger charge is 2.22. The van der Waals surface area contributed by atoms with Crippen LogP contribution >= 0.6 is 0 Å². The van der Waals surface area contributed by atoms with Gasteiger partial charge in [-0.25, -0.2) is 0 Å². The zero-order chi connectivity index (χ0) is 40.7. The third kappa shape index (κ3) is 5.27. The molecule has 0 spiro atoms. The molecule has 4 heteroatoms. The van der Waals surface area contributed by atoms with E-state index in [1.165, 1.54) is 21.8 Å². The van der Waals surface area contributed by atoms with Gasteiger partial charge in [0.15, 0.2) is 0 Å². The molecule has 3 heterocycles. The van der Waals surface area contributed by atoms with Gasteiger partial charge in [-0.15, -0.1) is 0 Å². The SMILES string of the molecule is c1ccc(-n2c3ccccc3c3cc(-c4cccc(N(c5cccc(-c6cccc7c6oc6ccccc67)c5)c5cccc6oc7c8ccccc8ccc7c56)c4)ccc32)cc1. The lowest BCUT2D eigenvalue weighted by Gasteiger charge is -2.27. The lowest BCUT2D eigenvalue weighted by atomic mass is 9.99. The zero-order valence-corrected chi connectivity index (χ0v) is 33.5. The predicted octanol–water partition coefficient (Wildman–Crippen LogP) is 16.5. The first-order valence-corrected chi connectivity index (χ1v) is 21.1. The Balaban J connectivity index is 1.02. The van der Waals surface area contributed by atoms with Gasteiger partial charge in [-0.1, -0.05) is 140 Å². The number of anilines is 3. The minimum Gasteiger partial charge on any atom is -0.455 e. The number of benzene rings is 10. The van der Waals surface area contributed by atoms with Gasteiger partial charge in [-0.05, 0) is 101 Å². The third-order valence-electron chi connectivity index (χ3n) is 12.6. The molecule has 0 aliphatic carbocycles. The van der Waals surface area contributed by atoms with Gasteiger partial charge in [0, 0.05) is 54.9 Å². The summed E-state index contributed by atoms with van der Waals surface area (Å²) in [6.45, 7) is 0. The molecule has 0 amide bonds. The number of hydrogen-bond donors (Lipinski definition) is 0. The molecular formula is C58H36N2O2. The van der Waals surface area contributed by atoms with Crippen molar-refractivity contribution < 1.29 is 8.83 Å². The van der Waals surface area contributed by atoms with E-state index in [1.54, 1.807) is 0 Å². The number of fused-ring (bicyclic) bond motifs is 11. The summed E-state index contributed by atoms with van der Waals surface area (Å²) in [5.41, 5.74) is 14.5. The fourth-order valence-corrected chi connectivity index (χ4v) is 9.77. The molecule has 290 valence electrons. The Kier molecular flexibility index (Phi) is 7.57. The van der Waals surface area contributed by atoms with E-state index in [4.69, 9.17) is 8.83 Å². The molecule has 10 aromatic carbocycles. The topological polar surface area (TPSA) is 34.5 Å². The first-order chi connectivity index (χ1) is 30.7. The Morgan fingerprint density at radius 1 is 0.355 bits per heavy atom. The summed E-state index contributed by atoms with van der Waals surface area (Å²) < 4.78 is 15.7. The molecule has 0 saturated carbocycles. The van der Waals surface area contributed by atoms with Crippen molar-refractivity contribution in [3.8, 4) is 27.9 Å². The lowest BCUT2D eigenvalue weighted by Crippen LogP contribution is -2.10. The van der Waals surface area contributed by atoms with E-state index in [0.29, 0.717) is 0 Å². The molecule has 0 N–H and O–H groups in total. The summed E-state index contributed by atoms with van der Waals surface area (Å²) in [6.07, 6.45) is 0. The largest absolute Gasteiger partial charge is 0.455 e. The smallest absolute Gasteiger partial charge is 0.143 e. The normalized spacial score (nSPS) is 11.9. The maximum absolute atomic E-state index is 6.76. The average Bonchev–Trinajstić information content (AvgIpc) is 4.02. The minimum absolute atomic E-state index is 0.846. The predicted molar refractivity (Wildman–Crippen MR) is 258 cm³/mol. The van der Waals surface area contributed by atoms with Crippen molar-refractivity contribution in [3.63, 3.8) is 0 Å². The first-order valence-electron chi connectivity index (χ1n) is 21.1. The van der Waals surface area contributed by atoms with E-state index in [9.17, 15) is 0 Å². The van der Waals surface area contributed by atoms with Gasteiger partial charge in [-0.3, -0.25) is 0 Å². The fourth-order valence-electron chi connectivity index (χ4n) is 9.77. The second-order valence-corrected chi connectivity index (χ2v) is 16.1. The number of furan rings is 2. The van der Waals surface area contributed by atoms with Crippen molar-refractivity contribution in [1.29, 1.82) is 0 Å². The van der Waals surface area contributed by atoms with E-state index in [-0.39, 0.29) is 0 Å². The molecule has 0 radical (unpaired) electrons. The molecule has 62 heavy (non-hydrogen) atoms. The van der Waals surface area contributed by atoms with Crippen molar-refractivity contribution in [1.82, 2.24) is 4.57 Å². The first kappa shape index (κ1) is 34.5. The van der Waals surface area contributed by atoms with Gasteiger partial charge in [0.1, 0.15) is 22.3 Å². The second-order valence-electron chi connectivity index (χ2n) is 16.1. The maximum Gasteiger partial charge on any atom is 0.143 e. The summed E-state index contributed by atoms with van der Waals surface area (Å²) in [5, 5.41) is 9.09. The van der Waals surface area contributed by atoms with Crippen molar-refractivity contribution in [3.05, 3.63) is 218 Å². The van der Waals surface area contributed by atoms with Crippen molar-refractivity contribution in [2.24, 2.45) is 0 Å². The Labute approximate surface area is 356 Å². The number of nitrogens with zero attached hydrogens (tertiary/aromatic N) is 2. The molecule has 0 saturated heterocycles. The third-order valence-corrected chi connectivity index (χ3v) is 12.6. The van der Waals surface area contributed by atoms with Crippen molar-refractivity contribution in [2.45, 2.75) is 0 Å². The highest BCUT2D eigenvalue weighted by atomic mass is 16.3. The number of para-hydroxylation sites is 4. The van der Waals surface area contributed by atoms with Crippen LogP contribution < -0.4 is 4.90 Å². The van der Waals surface area contributed by atoms with E-state index in [0.717, 1.165) is 99.7 Å². The molecular weight excluding hydrogens is 757 g/mol. The summed E-state index contributed by atoms with van der Waals surface area (Å²) in [7, 11) is 0. The van der Waals surface area contributed by atoms with E-state index in [2.05, 4.69) is 216 Å². The van der Waals surface area contributed by atoms with Crippen LogP contribution in [0.3, 0.4) is 0 Å².